The van der Waals surface area contributed by atoms with Crippen molar-refractivity contribution in [2.24, 2.45) is 0 Å². The Balaban J connectivity index is 1.97. The van der Waals surface area contributed by atoms with E-state index in [9.17, 15) is 9.59 Å². The first-order chi connectivity index (χ1) is 12.5. The lowest BCUT2D eigenvalue weighted by Gasteiger charge is -2.13. The van der Waals surface area contributed by atoms with Gasteiger partial charge in [0.2, 0.25) is 0 Å². The highest BCUT2D eigenvalue weighted by molar-refractivity contribution is 7.99. The van der Waals surface area contributed by atoms with Crippen LogP contribution in [0.3, 0.4) is 0 Å². The van der Waals surface area contributed by atoms with E-state index >= 15 is 0 Å². The van der Waals surface area contributed by atoms with Gasteiger partial charge in [-0.05, 0) is 31.5 Å². The molecule has 0 aliphatic carbocycles. The molecule has 26 heavy (non-hydrogen) atoms. The maximum atomic E-state index is 13.0. The van der Waals surface area contributed by atoms with Crippen LogP contribution in [0.4, 0.5) is 0 Å². The number of ether oxygens (including phenoxy) is 1. The molecule has 3 aromatic rings. The second-order valence-corrected chi connectivity index (χ2v) is 7.06. The Bertz CT molecular complexity index is 968. The summed E-state index contributed by atoms with van der Waals surface area (Å²) < 4.78 is 6.79. The van der Waals surface area contributed by atoms with Crippen molar-refractivity contribution in [3.8, 4) is 0 Å². The second-order valence-electron chi connectivity index (χ2n) is 6.12. The average molecular weight is 368 g/mol. The third kappa shape index (κ3) is 4.32. The number of hydrogen-bond donors (Lipinski definition) is 0. The minimum absolute atomic E-state index is 0.109. The van der Waals surface area contributed by atoms with Gasteiger partial charge in [0.15, 0.2) is 5.16 Å². The van der Waals surface area contributed by atoms with Crippen LogP contribution < -0.4 is 5.56 Å². The Labute approximate surface area is 156 Å². The van der Waals surface area contributed by atoms with E-state index in [1.54, 1.807) is 16.7 Å². The number of carbonyl (C=O) groups is 1. The van der Waals surface area contributed by atoms with Gasteiger partial charge in [0, 0.05) is 0 Å². The van der Waals surface area contributed by atoms with Crippen LogP contribution in [0.15, 0.2) is 64.5 Å². The summed E-state index contributed by atoms with van der Waals surface area (Å²) in [5, 5.41) is 1.08. The van der Waals surface area contributed by atoms with Crippen molar-refractivity contribution < 1.29 is 9.53 Å². The summed E-state index contributed by atoms with van der Waals surface area (Å²) in [5.74, 6) is -0.212. The summed E-state index contributed by atoms with van der Waals surface area (Å²) in [7, 11) is 0. The molecule has 5 nitrogen and oxygen atoms in total. The Hall–Kier alpha value is -2.60. The molecule has 2 aromatic carbocycles. The van der Waals surface area contributed by atoms with E-state index in [-0.39, 0.29) is 23.4 Å². The monoisotopic (exact) mass is 368 g/mol. The van der Waals surface area contributed by atoms with Crippen LogP contribution in [0.1, 0.15) is 19.4 Å². The minimum atomic E-state index is -0.321. The Morgan fingerprint density at radius 2 is 1.81 bits per heavy atom. The van der Waals surface area contributed by atoms with Gasteiger partial charge in [0.25, 0.3) is 5.56 Å². The molecule has 3 rings (SSSR count). The molecular formula is C20H20N2O3S. The average Bonchev–Trinajstić information content (AvgIpc) is 2.63. The van der Waals surface area contributed by atoms with Gasteiger partial charge in [-0.1, -0.05) is 54.2 Å². The number of nitrogens with zero attached hydrogens (tertiary/aromatic N) is 2. The smallest absolute Gasteiger partial charge is 0.316 e. The van der Waals surface area contributed by atoms with E-state index in [1.807, 2.05) is 56.3 Å². The summed E-state index contributed by atoms with van der Waals surface area (Å²) in [5.41, 5.74) is 1.51. The fourth-order valence-electron chi connectivity index (χ4n) is 2.58. The van der Waals surface area contributed by atoms with Crippen LogP contribution in [0.25, 0.3) is 10.9 Å². The highest BCUT2D eigenvalue weighted by Crippen LogP contribution is 2.19. The number of fused-ring (bicyclic) bond motifs is 1. The van der Waals surface area contributed by atoms with E-state index in [0.717, 1.165) is 5.56 Å². The first-order valence-corrected chi connectivity index (χ1v) is 9.39. The second kappa shape index (κ2) is 8.19. The first-order valence-electron chi connectivity index (χ1n) is 8.40. The molecule has 0 atom stereocenters. The molecule has 0 saturated carbocycles. The molecule has 0 saturated heterocycles. The van der Waals surface area contributed by atoms with Gasteiger partial charge in [-0.2, -0.15) is 0 Å². The molecule has 0 amide bonds. The maximum Gasteiger partial charge on any atom is 0.316 e. The van der Waals surface area contributed by atoms with Crippen molar-refractivity contribution in [2.45, 2.75) is 31.7 Å². The zero-order valence-electron chi connectivity index (χ0n) is 14.7. The van der Waals surface area contributed by atoms with Gasteiger partial charge in [0.1, 0.15) is 0 Å². The Morgan fingerprint density at radius 1 is 1.12 bits per heavy atom. The maximum absolute atomic E-state index is 13.0. The topological polar surface area (TPSA) is 61.2 Å². The Morgan fingerprint density at radius 3 is 2.54 bits per heavy atom. The van der Waals surface area contributed by atoms with Crippen LogP contribution in [0, 0.1) is 0 Å². The first kappa shape index (κ1) is 18.2. The van der Waals surface area contributed by atoms with E-state index < -0.39 is 0 Å². The summed E-state index contributed by atoms with van der Waals surface area (Å²) in [4.78, 5) is 29.5. The normalized spacial score (nSPS) is 11.0. The van der Waals surface area contributed by atoms with Crippen LogP contribution in [-0.4, -0.2) is 27.4 Å². The SMILES string of the molecule is CC(C)OC(=O)CSc1nc2ccccc2c(=O)n1Cc1ccccc1. The van der Waals surface area contributed by atoms with Crippen molar-refractivity contribution in [1.82, 2.24) is 9.55 Å². The number of benzene rings is 2. The van der Waals surface area contributed by atoms with Gasteiger partial charge >= 0.3 is 5.97 Å². The number of para-hydroxylation sites is 1. The lowest BCUT2D eigenvalue weighted by molar-refractivity contribution is -0.144. The van der Waals surface area contributed by atoms with E-state index in [1.165, 1.54) is 11.8 Å². The van der Waals surface area contributed by atoms with Crippen molar-refractivity contribution in [2.75, 3.05) is 5.75 Å². The molecule has 0 fully saturated rings. The molecule has 0 aliphatic heterocycles. The van der Waals surface area contributed by atoms with Crippen molar-refractivity contribution in [1.29, 1.82) is 0 Å². The predicted octanol–water partition coefficient (Wildman–Crippen LogP) is 3.49. The van der Waals surface area contributed by atoms with Crippen LogP contribution in [0.2, 0.25) is 0 Å². The molecule has 0 unspecified atom stereocenters. The van der Waals surface area contributed by atoms with Gasteiger partial charge in [-0.15, -0.1) is 0 Å². The highest BCUT2D eigenvalue weighted by Gasteiger charge is 2.14. The number of aromatic nitrogens is 2. The van der Waals surface area contributed by atoms with E-state index in [2.05, 4.69) is 4.98 Å². The molecule has 0 spiro atoms. The lowest BCUT2D eigenvalue weighted by atomic mass is 10.2. The number of hydrogen-bond acceptors (Lipinski definition) is 5. The molecule has 0 N–H and O–H groups in total. The number of carbonyl (C=O) groups excluding carboxylic acids is 1. The summed E-state index contributed by atoms with van der Waals surface area (Å²) in [6.07, 6.45) is -0.167. The van der Waals surface area contributed by atoms with Crippen LogP contribution >= 0.6 is 11.8 Å². The summed E-state index contributed by atoms with van der Waals surface area (Å²) in [6, 6.07) is 17.0. The number of thioether (sulfide) groups is 1. The predicted molar refractivity (Wildman–Crippen MR) is 103 cm³/mol. The zero-order chi connectivity index (χ0) is 18.5. The molecule has 1 heterocycles. The highest BCUT2D eigenvalue weighted by atomic mass is 32.2. The van der Waals surface area contributed by atoms with Gasteiger partial charge < -0.3 is 4.74 Å². The molecule has 1 aromatic heterocycles. The van der Waals surface area contributed by atoms with Crippen molar-refractivity contribution in [3.05, 3.63) is 70.5 Å². The molecule has 6 heteroatoms. The summed E-state index contributed by atoms with van der Waals surface area (Å²) >= 11 is 1.22. The van der Waals surface area contributed by atoms with E-state index in [0.29, 0.717) is 22.6 Å². The summed E-state index contributed by atoms with van der Waals surface area (Å²) in [6.45, 7) is 4.02. The standard InChI is InChI=1S/C20H20N2O3S/c1-14(2)25-18(23)13-26-20-21-17-11-7-6-10-16(17)19(24)22(20)12-15-8-4-3-5-9-15/h3-11,14H,12-13H2,1-2H3. The van der Waals surface area contributed by atoms with Crippen molar-refractivity contribution >= 4 is 28.6 Å². The van der Waals surface area contributed by atoms with E-state index in [4.69, 9.17) is 4.74 Å². The largest absolute Gasteiger partial charge is 0.462 e. The third-order valence-electron chi connectivity index (χ3n) is 3.70. The fourth-order valence-corrected chi connectivity index (χ4v) is 3.36. The van der Waals surface area contributed by atoms with Gasteiger partial charge in [-0.3, -0.25) is 14.2 Å². The lowest BCUT2D eigenvalue weighted by Crippen LogP contribution is -2.24. The van der Waals surface area contributed by atoms with Crippen LogP contribution in [0.5, 0.6) is 0 Å². The molecule has 0 radical (unpaired) electrons. The quantitative estimate of drug-likeness (QED) is 0.379. The van der Waals surface area contributed by atoms with Gasteiger partial charge in [0.05, 0.1) is 29.3 Å². The van der Waals surface area contributed by atoms with Crippen LogP contribution in [-0.2, 0) is 16.1 Å². The molecule has 134 valence electrons. The molecule has 0 bridgehead atoms. The number of esters is 1. The zero-order valence-corrected chi connectivity index (χ0v) is 15.5. The third-order valence-corrected chi connectivity index (χ3v) is 4.65. The van der Waals surface area contributed by atoms with Crippen molar-refractivity contribution in [3.63, 3.8) is 0 Å². The fraction of sp³-hybridized carbons (Fsp3) is 0.250. The minimum Gasteiger partial charge on any atom is -0.462 e. The Kier molecular flexibility index (Phi) is 5.73. The van der Waals surface area contributed by atoms with Gasteiger partial charge in [-0.25, -0.2) is 4.98 Å². The molecular weight excluding hydrogens is 348 g/mol. The number of rotatable bonds is 6. The molecule has 0 aliphatic rings.